The highest BCUT2D eigenvalue weighted by atomic mass is 32.3. The molecule has 7 heteroatoms. The molecule has 0 spiro atoms. The number of sulfone groups is 1. The number of aromatic hydroxyl groups is 1. The molecule has 1 saturated carbocycles. The van der Waals surface area contributed by atoms with Gasteiger partial charge in [-0.1, -0.05) is 67.8 Å². The summed E-state index contributed by atoms with van der Waals surface area (Å²) in [5, 5.41) is 10.0. The minimum atomic E-state index is -3.46. The fourth-order valence-corrected chi connectivity index (χ4v) is 9.85. The molecule has 0 amide bonds. The van der Waals surface area contributed by atoms with Gasteiger partial charge in [-0.05, 0) is 83.8 Å². The Labute approximate surface area is 225 Å². The molecule has 0 saturated heterocycles. The lowest BCUT2D eigenvalue weighted by Gasteiger charge is -2.39. The Hall–Kier alpha value is -3.55. The number of phenolic OH excluding ortho intramolecular Hbond substituents is 1. The largest absolute Gasteiger partial charge is 0.507 e. The molecule has 5 nitrogen and oxygen atoms in total. The standard InChI is InChI=1S/C31H30O5S2/c32-30-19-11-10-18-29(30)31(33)36-37(24-12-4-1-5-13-24,25-14-6-2-7-15-25)26-20-22-28(23-21-26)38(34,35)27-16-8-3-9-17-27/h1-2,4-7,10-15,18-23,27,32H,3,8-9,16-17H2. The van der Waals surface area contributed by atoms with Crippen LogP contribution in [-0.2, 0) is 14.0 Å². The summed E-state index contributed by atoms with van der Waals surface area (Å²) in [7, 11) is -6.10. The van der Waals surface area contributed by atoms with E-state index in [0.29, 0.717) is 17.7 Å². The van der Waals surface area contributed by atoms with Crippen molar-refractivity contribution in [1.29, 1.82) is 0 Å². The molecule has 1 N–H and O–H groups in total. The van der Waals surface area contributed by atoms with Gasteiger partial charge in [0, 0.05) is 14.7 Å². The van der Waals surface area contributed by atoms with Crippen LogP contribution in [0.5, 0.6) is 5.75 Å². The highest BCUT2D eigenvalue weighted by molar-refractivity contribution is 8.30. The van der Waals surface area contributed by atoms with Crippen molar-refractivity contribution < 1.29 is 22.5 Å². The van der Waals surface area contributed by atoms with Gasteiger partial charge in [-0.15, -0.1) is 0 Å². The topological polar surface area (TPSA) is 80.7 Å². The molecule has 38 heavy (non-hydrogen) atoms. The second kappa shape index (κ2) is 11.1. The summed E-state index contributed by atoms with van der Waals surface area (Å²) in [6.45, 7) is 0. The average Bonchev–Trinajstić information content (AvgIpc) is 2.97. The molecule has 0 unspecified atom stereocenters. The van der Waals surface area contributed by atoms with Gasteiger partial charge in [0.1, 0.15) is 11.3 Å². The number of phenols is 1. The zero-order valence-electron chi connectivity index (χ0n) is 20.9. The summed E-state index contributed by atoms with van der Waals surface area (Å²) < 4.78 is 33.2. The molecule has 0 aliphatic heterocycles. The Kier molecular flexibility index (Phi) is 7.58. The summed E-state index contributed by atoms with van der Waals surface area (Å²) in [5.74, 6) is -0.828. The lowest BCUT2D eigenvalue weighted by Crippen LogP contribution is -2.24. The second-order valence-electron chi connectivity index (χ2n) is 9.35. The van der Waals surface area contributed by atoms with Crippen LogP contribution in [0.25, 0.3) is 0 Å². The van der Waals surface area contributed by atoms with Crippen LogP contribution in [0.4, 0.5) is 0 Å². The quantitative estimate of drug-likeness (QED) is 0.259. The van der Waals surface area contributed by atoms with Crippen LogP contribution < -0.4 is 0 Å². The van der Waals surface area contributed by atoms with Gasteiger partial charge in [0.15, 0.2) is 9.84 Å². The number of carbonyl (C=O) groups is 1. The van der Waals surface area contributed by atoms with Gasteiger partial charge >= 0.3 is 5.97 Å². The van der Waals surface area contributed by atoms with E-state index >= 15 is 0 Å². The van der Waals surface area contributed by atoms with Gasteiger partial charge in [0.2, 0.25) is 0 Å². The van der Waals surface area contributed by atoms with Crippen molar-refractivity contribution in [3.8, 4) is 5.75 Å². The predicted octanol–water partition coefficient (Wildman–Crippen LogP) is 7.55. The molecule has 4 aromatic carbocycles. The molecule has 0 atom stereocenters. The molecule has 5 rings (SSSR count). The number of hydrogen-bond acceptors (Lipinski definition) is 5. The molecule has 1 aliphatic carbocycles. The third-order valence-corrected chi connectivity index (χ3v) is 12.4. The van der Waals surface area contributed by atoms with Crippen LogP contribution >= 0.6 is 10.3 Å². The van der Waals surface area contributed by atoms with Crippen molar-refractivity contribution in [3.05, 3.63) is 115 Å². The fourth-order valence-electron chi connectivity index (χ4n) is 4.97. The average molecular weight is 547 g/mol. The SMILES string of the molecule is O=C(OS(c1ccccc1)(c1ccccc1)c1ccc(S(=O)(=O)C2CCCCC2)cc1)c1ccccc1O. The Morgan fingerprint density at radius 3 is 1.66 bits per heavy atom. The Morgan fingerprint density at radius 1 is 0.632 bits per heavy atom. The van der Waals surface area contributed by atoms with Crippen molar-refractivity contribution in [1.82, 2.24) is 0 Å². The molecule has 196 valence electrons. The monoisotopic (exact) mass is 546 g/mol. The number of rotatable bonds is 7. The summed E-state index contributed by atoms with van der Waals surface area (Å²) in [4.78, 5) is 16.1. The van der Waals surface area contributed by atoms with Gasteiger partial charge in [0.25, 0.3) is 0 Å². The molecule has 0 heterocycles. The third kappa shape index (κ3) is 4.96. The van der Waals surface area contributed by atoms with Gasteiger partial charge in [-0.25, -0.2) is 13.2 Å². The first-order valence-corrected chi connectivity index (χ1v) is 15.8. The molecule has 1 fully saturated rings. The van der Waals surface area contributed by atoms with Crippen molar-refractivity contribution in [3.63, 3.8) is 0 Å². The number of hydrogen-bond donors (Lipinski definition) is 1. The first kappa shape index (κ1) is 26.1. The van der Waals surface area contributed by atoms with E-state index in [4.69, 9.17) is 4.18 Å². The van der Waals surface area contributed by atoms with Crippen molar-refractivity contribution >= 4 is 26.1 Å². The number of carbonyl (C=O) groups excluding carboxylic acids is 1. The molecular weight excluding hydrogens is 516 g/mol. The second-order valence-corrected chi connectivity index (χ2v) is 14.3. The minimum absolute atomic E-state index is 0.0627. The zero-order chi connectivity index (χ0) is 26.6. The number of para-hydroxylation sites is 1. The molecule has 1 aliphatic rings. The minimum Gasteiger partial charge on any atom is -0.507 e. The van der Waals surface area contributed by atoms with E-state index in [1.807, 2.05) is 60.7 Å². The first-order chi connectivity index (χ1) is 18.4. The Bertz CT molecular complexity index is 1460. The van der Waals surface area contributed by atoms with Gasteiger partial charge in [0.05, 0.1) is 10.1 Å². The predicted molar refractivity (Wildman–Crippen MR) is 149 cm³/mol. The Balaban J connectivity index is 1.66. The van der Waals surface area contributed by atoms with E-state index in [1.165, 1.54) is 12.1 Å². The summed E-state index contributed by atoms with van der Waals surface area (Å²) in [6.07, 6.45) is 4.31. The van der Waals surface area contributed by atoms with Crippen molar-refractivity contribution in [2.45, 2.75) is 56.9 Å². The molecular formula is C31H30O5S2. The van der Waals surface area contributed by atoms with Crippen LogP contribution in [0.3, 0.4) is 0 Å². The molecule has 0 radical (unpaired) electrons. The van der Waals surface area contributed by atoms with Crippen LogP contribution in [0, 0.1) is 0 Å². The van der Waals surface area contributed by atoms with Gasteiger partial charge in [-0.3, -0.25) is 0 Å². The maximum absolute atomic E-state index is 13.6. The Morgan fingerprint density at radius 2 is 1.11 bits per heavy atom. The zero-order valence-corrected chi connectivity index (χ0v) is 22.5. The van der Waals surface area contributed by atoms with Crippen LogP contribution in [-0.4, -0.2) is 24.7 Å². The van der Waals surface area contributed by atoms with Gasteiger partial charge < -0.3 is 9.29 Å². The van der Waals surface area contributed by atoms with Crippen LogP contribution in [0.15, 0.2) is 129 Å². The summed E-state index contributed by atoms with van der Waals surface area (Å²) in [5.41, 5.74) is 0.0627. The van der Waals surface area contributed by atoms with Crippen LogP contribution in [0.2, 0.25) is 0 Å². The normalized spacial score (nSPS) is 15.1. The molecule has 0 aromatic heterocycles. The maximum Gasteiger partial charge on any atom is 0.353 e. The summed E-state index contributed by atoms with van der Waals surface area (Å²) in [6, 6.07) is 32.1. The molecule has 0 bridgehead atoms. The van der Waals surface area contributed by atoms with Gasteiger partial charge in [-0.2, -0.15) is 0 Å². The lowest BCUT2D eigenvalue weighted by molar-refractivity contribution is 0.0754. The molecule has 4 aromatic rings. The van der Waals surface area contributed by atoms with E-state index in [-0.39, 0.29) is 21.5 Å². The van der Waals surface area contributed by atoms with E-state index in [0.717, 1.165) is 29.1 Å². The fraction of sp³-hybridized carbons (Fsp3) is 0.194. The summed E-state index contributed by atoms with van der Waals surface area (Å²) >= 11 is 0. The highest BCUT2D eigenvalue weighted by Crippen LogP contribution is 2.69. The van der Waals surface area contributed by atoms with E-state index in [9.17, 15) is 18.3 Å². The highest BCUT2D eigenvalue weighted by Gasteiger charge is 2.37. The smallest absolute Gasteiger partial charge is 0.353 e. The van der Waals surface area contributed by atoms with Crippen molar-refractivity contribution in [2.24, 2.45) is 0 Å². The first-order valence-electron chi connectivity index (χ1n) is 12.7. The third-order valence-electron chi connectivity index (χ3n) is 6.95. The maximum atomic E-state index is 13.6. The van der Waals surface area contributed by atoms with E-state index < -0.39 is 26.1 Å². The number of benzene rings is 4. The lowest BCUT2D eigenvalue weighted by atomic mass is 10.0. The van der Waals surface area contributed by atoms with Crippen molar-refractivity contribution in [2.75, 3.05) is 0 Å². The van der Waals surface area contributed by atoms with E-state index in [2.05, 4.69) is 0 Å². The van der Waals surface area contributed by atoms with E-state index in [1.54, 1.807) is 36.4 Å². The van der Waals surface area contributed by atoms with Crippen LogP contribution in [0.1, 0.15) is 42.5 Å².